The maximum absolute atomic E-state index is 10.3. The molecular weight excluding hydrogens is 286 g/mol. The monoisotopic (exact) mass is 305 g/mol. The lowest BCUT2D eigenvalue weighted by Crippen LogP contribution is -2.16. The molecule has 1 aromatic carbocycles. The molecule has 0 saturated heterocycles. The van der Waals surface area contributed by atoms with Crippen molar-refractivity contribution in [2.75, 3.05) is 7.11 Å². The average molecular weight is 306 g/mol. The van der Waals surface area contributed by atoms with Crippen LogP contribution in [-0.4, -0.2) is 23.3 Å². The summed E-state index contributed by atoms with van der Waals surface area (Å²) in [4.78, 5) is 4.42. The van der Waals surface area contributed by atoms with Crippen LogP contribution in [0.4, 0.5) is 0 Å². The standard InChI is InChI=1S/C17H20ClNO2/c1-11-10-19-16(12(2)17(11)21-3)9-15(20)8-13-4-6-14(18)7-5-13/h4-7,10,15,20H,8-9H2,1-3H3. The minimum Gasteiger partial charge on any atom is -0.496 e. The van der Waals surface area contributed by atoms with Crippen LogP contribution in [0.5, 0.6) is 5.75 Å². The van der Waals surface area contributed by atoms with Crippen molar-refractivity contribution >= 4 is 11.6 Å². The third kappa shape index (κ3) is 3.96. The topological polar surface area (TPSA) is 42.4 Å². The number of rotatable bonds is 5. The van der Waals surface area contributed by atoms with E-state index in [4.69, 9.17) is 16.3 Å². The third-order valence-electron chi connectivity index (χ3n) is 3.56. The molecule has 1 heterocycles. The lowest BCUT2D eigenvalue weighted by molar-refractivity contribution is 0.174. The van der Waals surface area contributed by atoms with Crippen molar-refractivity contribution in [2.45, 2.75) is 32.8 Å². The summed E-state index contributed by atoms with van der Waals surface area (Å²) in [7, 11) is 1.66. The van der Waals surface area contributed by atoms with Crippen molar-refractivity contribution in [3.63, 3.8) is 0 Å². The second-order valence-corrected chi connectivity index (χ2v) is 5.67. The molecule has 0 bridgehead atoms. The summed E-state index contributed by atoms with van der Waals surface area (Å²) in [6.07, 6.45) is 2.39. The van der Waals surface area contributed by atoms with Crippen LogP contribution in [0.2, 0.25) is 5.02 Å². The molecule has 0 fully saturated rings. The summed E-state index contributed by atoms with van der Waals surface area (Å²) in [6, 6.07) is 7.53. The Hall–Kier alpha value is -1.58. The van der Waals surface area contributed by atoms with Gasteiger partial charge in [0.1, 0.15) is 5.75 Å². The quantitative estimate of drug-likeness (QED) is 0.919. The maximum Gasteiger partial charge on any atom is 0.128 e. The second kappa shape index (κ2) is 6.92. The molecule has 112 valence electrons. The molecule has 0 aliphatic heterocycles. The highest BCUT2D eigenvalue weighted by Crippen LogP contribution is 2.25. The molecule has 2 aromatic rings. The van der Waals surface area contributed by atoms with E-state index in [2.05, 4.69) is 4.98 Å². The minimum atomic E-state index is -0.482. The molecule has 4 heteroatoms. The molecule has 0 aliphatic carbocycles. The van der Waals surface area contributed by atoms with Crippen LogP contribution in [0.3, 0.4) is 0 Å². The first-order valence-electron chi connectivity index (χ1n) is 6.93. The lowest BCUT2D eigenvalue weighted by Gasteiger charge is -2.15. The molecule has 21 heavy (non-hydrogen) atoms. The first-order valence-corrected chi connectivity index (χ1v) is 7.30. The van der Waals surface area contributed by atoms with E-state index in [0.29, 0.717) is 17.9 Å². The number of pyridine rings is 1. The fraction of sp³-hybridized carbons (Fsp3) is 0.353. The largest absolute Gasteiger partial charge is 0.496 e. The Bertz CT molecular complexity index is 611. The molecule has 1 atom stereocenters. The fourth-order valence-corrected chi connectivity index (χ4v) is 2.59. The van der Waals surface area contributed by atoms with Gasteiger partial charge in [0, 0.05) is 34.5 Å². The van der Waals surface area contributed by atoms with E-state index in [1.807, 2.05) is 38.1 Å². The van der Waals surface area contributed by atoms with E-state index in [-0.39, 0.29) is 0 Å². The van der Waals surface area contributed by atoms with Crippen LogP contribution in [0.1, 0.15) is 22.4 Å². The van der Waals surface area contributed by atoms with E-state index in [1.165, 1.54) is 0 Å². The number of benzene rings is 1. The van der Waals surface area contributed by atoms with Crippen LogP contribution >= 0.6 is 11.6 Å². The molecular formula is C17H20ClNO2. The Morgan fingerprint density at radius 2 is 1.86 bits per heavy atom. The van der Waals surface area contributed by atoms with Gasteiger partial charge in [-0.15, -0.1) is 0 Å². The summed E-state index contributed by atoms with van der Waals surface area (Å²) < 4.78 is 5.39. The molecule has 0 radical (unpaired) electrons. The van der Waals surface area contributed by atoms with Gasteiger partial charge in [0.2, 0.25) is 0 Å². The number of aliphatic hydroxyl groups excluding tert-OH is 1. The van der Waals surface area contributed by atoms with Gasteiger partial charge in [-0.05, 0) is 38.0 Å². The first kappa shape index (κ1) is 15.8. The molecule has 0 spiro atoms. The van der Waals surface area contributed by atoms with Crippen molar-refractivity contribution in [3.8, 4) is 5.75 Å². The summed E-state index contributed by atoms with van der Waals surface area (Å²) in [5.74, 6) is 0.846. The van der Waals surface area contributed by atoms with Gasteiger partial charge in [0.05, 0.1) is 13.2 Å². The van der Waals surface area contributed by atoms with Crippen LogP contribution in [-0.2, 0) is 12.8 Å². The smallest absolute Gasteiger partial charge is 0.128 e. The molecule has 0 aliphatic rings. The maximum atomic E-state index is 10.3. The Kier molecular flexibility index (Phi) is 5.21. The second-order valence-electron chi connectivity index (χ2n) is 5.23. The van der Waals surface area contributed by atoms with E-state index < -0.39 is 6.10 Å². The number of aryl methyl sites for hydroxylation is 1. The molecule has 2 rings (SSSR count). The highest BCUT2D eigenvalue weighted by Gasteiger charge is 2.14. The van der Waals surface area contributed by atoms with E-state index in [0.717, 1.165) is 28.1 Å². The first-order chi connectivity index (χ1) is 10.0. The molecule has 3 nitrogen and oxygen atoms in total. The lowest BCUT2D eigenvalue weighted by atomic mass is 10.0. The van der Waals surface area contributed by atoms with Crippen LogP contribution in [0.25, 0.3) is 0 Å². The van der Waals surface area contributed by atoms with Gasteiger partial charge < -0.3 is 9.84 Å². The van der Waals surface area contributed by atoms with Crippen molar-refractivity contribution in [3.05, 3.63) is 57.9 Å². The number of ether oxygens (including phenoxy) is 1. The van der Waals surface area contributed by atoms with Crippen LogP contribution in [0.15, 0.2) is 30.5 Å². The highest BCUT2D eigenvalue weighted by atomic mass is 35.5. The van der Waals surface area contributed by atoms with Gasteiger partial charge in [-0.25, -0.2) is 0 Å². The summed E-state index contributed by atoms with van der Waals surface area (Å²) >= 11 is 5.86. The van der Waals surface area contributed by atoms with Gasteiger partial charge >= 0.3 is 0 Å². The molecule has 1 unspecified atom stereocenters. The molecule has 0 saturated carbocycles. The number of nitrogens with zero attached hydrogens (tertiary/aromatic N) is 1. The SMILES string of the molecule is COc1c(C)cnc(CC(O)Cc2ccc(Cl)cc2)c1C. The van der Waals surface area contributed by atoms with E-state index in [9.17, 15) is 5.11 Å². The predicted octanol–water partition coefficient (Wildman–Crippen LogP) is 3.51. The minimum absolute atomic E-state index is 0.482. The van der Waals surface area contributed by atoms with Crippen LogP contribution < -0.4 is 4.74 Å². The van der Waals surface area contributed by atoms with Gasteiger partial charge in [-0.3, -0.25) is 4.98 Å². The molecule has 0 amide bonds. The van der Waals surface area contributed by atoms with Gasteiger partial charge in [-0.1, -0.05) is 23.7 Å². The van der Waals surface area contributed by atoms with Crippen molar-refractivity contribution < 1.29 is 9.84 Å². The zero-order valence-corrected chi connectivity index (χ0v) is 13.3. The van der Waals surface area contributed by atoms with E-state index in [1.54, 1.807) is 13.3 Å². The fourth-order valence-electron chi connectivity index (χ4n) is 2.46. The zero-order valence-electron chi connectivity index (χ0n) is 12.6. The number of aliphatic hydroxyl groups is 1. The average Bonchev–Trinajstić information content (AvgIpc) is 2.45. The normalized spacial score (nSPS) is 12.2. The zero-order chi connectivity index (χ0) is 15.4. The predicted molar refractivity (Wildman–Crippen MR) is 85.1 cm³/mol. The highest BCUT2D eigenvalue weighted by molar-refractivity contribution is 6.30. The number of hydrogen-bond acceptors (Lipinski definition) is 3. The van der Waals surface area contributed by atoms with E-state index >= 15 is 0 Å². The Labute approximate surface area is 130 Å². The van der Waals surface area contributed by atoms with Gasteiger partial charge in [-0.2, -0.15) is 0 Å². The van der Waals surface area contributed by atoms with Gasteiger partial charge in [0.15, 0.2) is 0 Å². The Balaban J connectivity index is 2.09. The van der Waals surface area contributed by atoms with Crippen molar-refractivity contribution in [2.24, 2.45) is 0 Å². The summed E-state index contributed by atoms with van der Waals surface area (Å²) in [5, 5.41) is 11.0. The van der Waals surface area contributed by atoms with Crippen molar-refractivity contribution in [1.29, 1.82) is 0 Å². The van der Waals surface area contributed by atoms with Crippen LogP contribution in [0, 0.1) is 13.8 Å². The number of methoxy groups -OCH3 is 1. The number of aromatic nitrogens is 1. The van der Waals surface area contributed by atoms with Gasteiger partial charge in [0.25, 0.3) is 0 Å². The summed E-state index contributed by atoms with van der Waals surface area (Å²) in [6.45, 7) is 3.94. The third-order valence-corrected chi connectivity index (χ3v) is 3.82. The Morgan fingerprint density at radius 3 is 2.48 bits per heavy atom. The number of hydrogen-bond donors (Lipinski definition) is 1. The van der Waals surface area contributed by atoms with Crippen molar-refractivity contribution in [1.82, 2.24) is 4.98 Å². The number of halogens is 1. The Morgan fingerprint density at radius 1 is 1.19 bits per heavy atom. The summed E-state index contributed by atoms with van der Waals surface area (Å²) in [5.41, 5.74) is 3.93. The molecule has 1 aromatic heterocycles. The molecule has 1 N–H and O–H groups in total.